The first-order valence-corrected chi connectivity index (χ1v) is 4.31. The van der Waals surface area contributed by atoms with Crippen LogP contribution in [0, 0.1) is 0 Å². The third-order valence-corrected chi connectivity index (χ3v) is 2.26. The Balaban J connectivity index is 2.21. The highest BCUT2D eigenvalue weighted by atomic mass is 19.3. The highest BCUT2D eigenvalue weighted by Gasteiger charge is 2.27. The third kappa shape index (κ3) is 2.68. The molecule has 12 heavy (non-hydrogen) atoms. The van der Waals surface area contributed by atoms with Gasteiger partial charge in [0.25, 0.3) is 6.43 Å². The Hall–Kier alpha value is -0.220. The zero-order valence-electron chi connectivity index (χ0n) is 7.22. The maximum atomic E-state index is 11.8. The van der Waals surface area contributed by atoms with Gasteiger partial charge in [0, 0.05) is 6.04 Å². The van der Waals surface area contributed by atoms with Crippen LogP contribution in [0.3, 0.4) is 0 Å². The number of alkyl halides is 2. The second-order valence-corrected chi connectivity index (χ2v) is 3.09. The van der Waals surface area contributed by atoms with Crippen LogP contribution in [0.2, 0.25) is 0 Å². The van der Waals surface area contributed by atoms with E-state index in [1.54, 1.807) is 0 Å². The number of hydrogen-bond acceptors (Lipinski definition) is 2. The van der Waals surface area contributed by atoms with Gasteiger partial charge in [0.05, 0.1) is 6.10 Å². The van der Waals surface area contributed by atoms with Crippen molar-refractivity contribution in [1.82, 2.24) is 5.32 Å². The van der Waals surface area contributed by atoms with Crippen LogP contribution in [0.25, 0.3) is 0 Å². The van der Waals surface area contributed by atoms with Crippen molar-refractivity contribution in [1.29, 1.82) is 0 Å². The number of halogens is 2. The van der Waals surface area contributed by atoms with Gasteiger partial charge in [0.15, 0.2) is 0 Å². The first kappa shape index (κ1) is 9.86. The number of nitrogens with one attached hydrogen (secondary N) is 1. The summed E-state index contributed by atoms with van der Waals surface area (Å²) in [5.41, 5.74) is 0. The molecule has 0 aromatic heterocycles. The predicted molar refractivity (Wildman–Crippen MR) is 42.4 cm³/mol. The second-order valence-electron chi connectivity index (χ2n) is 3.09. The average Bonchev–Trinajstić information content (AvgIpc) is 2.47. The van der Waals surface area contributed by atoms with Crippen LogP contribution in [0.4, 0.5) is 8.78 Å². The fourth-order valence-corrected chi connectivity index (χ4v) is 1.65. The largest absolute Gasteiger partial charge is 0.371 e. The Morgan fingerprint density at radius 3 is 2.83 bits per heavy atom. The van der Waals surface area contributed by atoms with E-state index in [2.05, 4.69) is 5.32 Å². The zero-order chi connectivity index (χ0) is 8.97. The normalized spacial score (nSPS) is 30.0. The van der Waals surface area contributed by atoms with Crippen LogP contribution in [-0.4, -0.2) is 32.2 Å². The molecule has 0 aromatic carbocycles. The highest BCUT2D eigenvalue weighted by Crippen LogP contribution is 2.22. The Kier molecular flexibility index (Phi) is 3.88. The molecule has 1 aliphatic carbocycles. The van der Waals surface area contributed by atoms with Crippen LogP contribution >= 0.6 is 0 Å². The van der Waals surface area contributed by atoms with Crippen molar-refractivity contribution in [2.75, 3.05) is 13.7 Å². The first-order chi connectivity index (χ1) is 5.74. The van der Waals surface area contributed by atoms with Crippen molar-refractivity contribution in [3.63, 3.8) is 0 Å². The molecular weight excluding hydrogens is 164 g/mol. The fraction of sp³-hybridized carbons (Fsp3) is 1.00. The van der Waals surface area contributed by atoms with Crippen molar-refractivity contribution in [3.05, 3.63) is 0 Å². The van der Waals surface area contributed by atoms with Gasteiger partial charge in [0.1, 0.15) is 6.61 Å². The molecule has 1 N–H and O–H groups in total. The molecule has 0 amide bonds. The second kappa shape index (κ2) is 4.72. The summed E-state index contributed by atoms with van der Waals surface area (Å²) in [6, 6.07) is 0.267. The van der Waals surface area contributed by atoms with Gasteiger partial charge < -0.3 is 10.1 Å². The molecule has 0 radical (unpaired) electrons. The molecule has 0 aromatic rings. The molecule has 0 spiro atoms. The number of likely N-dealkylation sites (N-methyl/N-ethyl adjacent to an activating group) is 1. The minimum Gasteiger partial charge on any atom is -0.371 e. The molecule has 0 saturated heterocycles. The van der Waals surface area contributed by atoms with Gasteiger partial charge in [-0.2, -0.15) is 0 Å². The molecule has 0 bridgehead atoms. The SMILES string of the molecule is CNC1CCCC1OCC(F)F. The van der Waals surface area contributed by atoms with Gasteiger partial charge in [-0.05, 0) is 26.3 Å². The van der Waals surface area contributed by atoms with Gasteiger partial charge in [-0.3, -0.25) is 0 Å². The molecule has 4 heteroatoms. The van der Waals surface area contributed by atoms with E-state index in [4.69, 9.17) is 4.74 Å². The van der Waals surface area contributed by atoms with E-state index in [9.17, 15) is 8.78 Å². The van der Waals surface area contributed by atoms with Crippen molar-refractivity contribution >= 4 is 0 Å². The van der Waals surface area contributed by atoms with Crippen molar-refractivity contribution in [2.24, 2.45) is 0 Å². The summed E-state index contributed by atoms with van der Waals surface area (Å²) in [7, 11) is 1.84. The molecule has 1 saturated carbocycles. The van der Waals surface area contributed by atoms with E-state index >= 15 is 0 Å². The Bertz CT molecular complexity index is 132. The lowest BCUT2D eigenvalue weighted by atomic mass is 10.2. The van der Waals surface area contributed by atoms with Crippen LogP contribution in [0.1, 0.15) is 19.3 Å². The third-order valence-electron chi connectivity index (χ3n) is 2.26. The number of rotatable bonds is 4. The summed E-state index contributed by atoms with van der Waals surface area (Å²) in [4.78, 5) is 0. The summed E-state index contributed by atoms with van der Waals surface area (Å²) in [5, 5.41) is 3.07. The van der Waals surface area contributed by atoms with Gasteiger partial charge >= 0.3 is 0 Å². The van der Waals surface area contributed by atoms with Crippen LogP contribution < -0.4 is 5.32 Å². The summed E-state index contributed by atoms with van der Waals surface area (Å²) < 4.78 is 28.6. The topological polar surface area (TPSA) is 21.3 Å². The van der Waals surface area contributed by atoms with E-state index in [-0.39, 0.29) is 12.1 Å². The van der Waals surface area contributed by atoms with Crippen molar-refractivity contribution < 1.29 is 13.5 Å². The highest BCUT2D eigenvalue weighted by molar-refractivity contribution is 4.82. The molecular formula is C8H15F2NO. The Morgan fingerprint density at radius 2 is 2.25 bits per heavy atom. The standard InChI is InChI=1S/C8H15F2NO/c1-11-6-3-2-4-7(6)12-5-8(9)10/h6-8,11H,2-5H2,1H3. The molecule has 2 atom stereocenters. The average molecular weight is 179 g/mol. The van der Waals surface area contributed by atoms with E-state index in [1.165, 1.54) is 0 Å². The monoisotopic (exact) mass is 179 g/mol. The van der Waals surface area contributed by atoms with Gasteiger partial charge in [0.2, 0.25) is 0 Å². The lowest BCUT2D eigenvalue weighted by Gasteiger charge is -2.19. The summed E-state index contributed by atoms with van der Waals surface area (Å²) >= 11 is 0. The molecule has 1 rings (SSSR count). The summed E-state index contributed by atoms with van der Waals surface area (Å²) in [6.07, 6.45) is 0.647. The number of hydrogen-bond donors (Lipinski definition) is 1. The van der Waals surface area contributed by atoms with Gasteiger partial charge in [-0.25, -0.2) is 8.78 Å². The molecule has 2 nitrogen and oxygen atoms in total. The smallest absolute Gasteiger partial charge is 0.261 e. The zero-order valence-corrected chi connectivity index (χ0v) is 7.22. The van der Waals surface area contributed by atoms with Crippen molar-refractivity contribution in [2.45, 2.75) is 37.8 Å². The van der Waals surface area contributed by atoms with E-state index in [1.807, 2.05) is 7.05 Å². The lowest BCUT2D eigenvalue weighted by molar-refractivity contribution is -0.0294. The minimum atomic E-state index is -2.34. The lowest BCUT2D eigenvalue weighted by Crippen LogP contribution is -2.35. The van der Waals surface area contributed by atoms with Crippen molar-refractivity contribution in [3.8, 4) is 0 Å². The van der Waals surface area contributed by atoms with Crippen LogP contribution in [0.15, 0.2) is 0 Å². The Morgan fingerprint density at radius 1 is 1.50 bits per heavy atom. The molecule has 0 aliphatic heterocycles. The van der Waals surface area contributed by atoms with Crippen LogP contribution in [-0.2, 0) is 4.74 Å². The molecule has 1 aliphatic rings. The van der Waals surface area contributed by atoms with E-state index in [0.717, 1.165) is 19.3 Å². The minimum absolute atomic E-state index is 0.0102. The van der Waals surface area contributed by atoms with E-state index < -0.39 is 13.0 Å². The molecule has 1 fully saturated rings. The van der Waals surface area contributed by atoms with Gasteiger partial charge in [-0.15, -0.1) is 0 Å². The maximum absolute atomic E-state index is 11.8. The van der Waals surface area contributed by atoms with E-state index in [0.29, 0.717) is 0 Å². The maximum Gasteiger partial charge on any atom is 0.261 e. The first-order valence-electron chi connectivity index (χ1n) is 4.31. The molecule has 0 heterocycles. The predicted octanol–water partition coefficient (Wildman–Crippen LogP) is 1.41. The number of ether oxygens (including phenoxy) is 1. The molecule has 2 unspecified atom stereocenters. The molecule has 72 valence electrons. The van der Waals surface area contributed by atoms with Gasteiger partial charge in [-0.1, -0.05) is 0 Å². The Labute approximate surface area is 71.3 Å². The van der Waals surface area contributed by atoms with Crippen LogP contribution in [0.5, 0.6) is 0 Å². The quantitative estimate of drug-likeness (QED) is 0.704. The summed E-state index contributed by atoms with van der Waals surface area (Å²) in [6.45, 7) is -0.428. The summed E-state index contributed by atoms with van der Waals surface area (Å²) in [5.74, 6) is 0. The fourth-order valence-electron chi connectivity index (χ4n) is 1.65.